The molecule has 0 aromatic carbocycles. The minimum atomic E-state index is 0.177. The van der Waals surface area contributed by atoms with Crippen molar-refractivity contribution in [3.8, 4) is 0 Å². The highest BCUT2D eigenvalue weighted by Gasteiger charge is 2.06. The molecule has 0 bridgehead atoms. The van der Waals surface area contributed by atoms with Gasteiger partial charge in [-0.2, -0.15) is 0 Å². The van der Waals surface area contributed by atoms with Crippen molar-refractivity contribution in [1.82, 2.24) is 0 Å². The Morgan fingerprint density at radius 1 is 1.14 bits per heavy atom. The van der Waals surface area contributed by atoms with Gasteiger partial charge in [0.15, 0.2) is 0 Å². The van der Waals surface area contributed by atoms with Crippen LogP contribution in [0.25, 0.3) is 0 Å². The van der Waals surface area contributed by atoms with Gasteiger partial charge in [-0.25, -0.2) is 0 Å². The van der Waals surface area contributed by atoms with E-state index in [9.17, 15) is 0 Å². The topological polar surface area (TPSA) is 18.5 Å². The fourth-order valence-corrected chi connectivity index (χ4v) is 1.42. The largest absolute Gasteiger partial charge is 0.378 e. The number of hydrogen-bond donors (Lipinski definition) is 0. The molecule has 0 fully saturated rings. The molecule has 0 aliphatic carbocycles. The Balaban J connectivity index is 3.24. The van der Waals surface area contributed by atoms with E-state index in [1.807, 2.05) is 0 Å². The molecule has 1 unspecified atom stereocenters. The highest BCUT2D eigenvalue weighted by atomic mass is 35.5. The molecule has 0 aliphatic heterocycles. The predicted octanol–water partition coefficient (Wildman–Crippen LogP) is 3.06. The highest BCUT2D eigenvalue weighted by Crippen LogP contribution is 2.06. The Morgan fingerprint density at radius 3 is 2.50 bits per heavy atom. The first-order valence-electron chi connectivity index (χ1n) is 5.16. The number of halogens is 2. The highest BCUT2D eigenvalue weighted by molar-refractivity contribution is 6.18. The van der Waals surface area contributed by atoms with Crippen LogP contribution in [0.15, 0.2) is 0 Å². The Bertz CT molecular complexity index is 112. The summed E-state index contributed by atoms with van der Waals surface area (Å²) >= 11 is 11.2. The lowest BCUT2D eigenvalue weighted by molar-refractivity contribution is 0.0133. The SMILES string of the molecule is CCCCC(CCl)OCCOCCCl. The van der Waals surface area contributed by atoms with Crippen LogP contribution in [-0.2, 0) is 9.47 Å². The first-order valence-corrected chi connectivity index (χ1v) is 6.23. The molecule has 86 valence electrons. The third-order valence-corrected chi connectivity index (χ3v) is 2.35. The number of hydrogen-bond acceptors (Lipinski definition) is 2. The Morgan fingerprint density at radius 2 is 1.93 bits per heavy atom. The molecule has 2 nitrogen and oxygen atoms in total. The monoisotopic (exact) mass is 242 g/mol. The van der Waals surface area contributed by atoms with Gasteiger partial charge in [-0.15, -0.1) is 23.2 Å². The number of ether oxygens (including phenoxy) is 2. The minimum absolute atomic E-state index is 0.177. The average Bonchev–Trinajstić information content (AvgIpc) is 2.22. The van der Waals surface area contributed by atoms with E-state index < -0.39 is 0 Å². The average molecular weight is 243 g/mol. The van der Waals surface area contributed by atoms with Crippen LogP contribution in [0.4, 0.5) is 0 Å². The quantitative estimate of drug-likeness (QED) is 0.433. The molecular weight excluding hydrogens is 223 g/mol. The third kappa shape index (κ3) is 9.07. The van der Waals surface area contributed by atoms with Crippen molar-refractivity contribution in [2.24, 2.45) is 0 Å². The molecule has 0 heterocycles. The molecule has 0 saturated carbocycles. The van der Waals surface area contributed by atoms with Crippen LogP contribution in [0.5, 0.6) is 0 Å². The zero-order chi connectivity index (χ0) is 10.6. The molecule has 4 heteroatoms. The summed E-state index contributed by atoms with van der Waals surface area (Å²) in [6.07, 6.45) is 3.56. The predicted molar refractivity (Wildman–Crippen MR) is 61.5 cm³/mol. The standard InChI is InChI=1S/C10H20Cl2O2/c1-2-3-4-10(9-12)14-8-7-13-6-5-11/h10H,2-9H2,1H3. The second-order valence-corrected chi connectivity index (χ2v) is 3.78. The first-order chi connectivity index (χ1) is 6.85. The van der Waals surface area contributed by atoms with E-state index in [0.29, 0.717) is 31.6 Å². The van der Waals surface area contributed by atoms with Crippen molar-refractivity contribution in [3.63, 3.8) is 0 Å². The van der Waals surface area contributed by atoms with Crippen molar-refractivity contribution < 1.29 is 9.47 Å². The lowest BCUT2D eigenvalue weighted by atomic mass is 10.2. The second-order valence-electron chi connectivity index (χ2n) is 3.09. The smallest absolute Gasteiger partial charge is 0.0711 e. The van der Waals surface area contributed by atoms with Gasteiger partial charge in [0.2, 0.25) is 0 Å². The molecule has 0 aromatic rings. The van der Waals surface area contributed by atoms with Gasteiger partial charge in [-0.05, 0) is 6.42 Å². The maximum atomic E-state index is 5.76. The molecule has 0 aromatic heterocycles. The molecule has 0 rings (SSSR count). The van der Waals surface area contributed by atoms with E-state index in [-0.39, 0.29) is 6.10 Å². The van der Waals surface area contributed by atoms with Crippen LogP contribution in [0.3, 0.4) is 0 Å². The molecule has 0 aliphatic rings. The van der Waals surface area contributed by atoms with Crippen LogP contribution in [0, 0.1) is 0 Å². The van der Waals surface area contributed by atoms with Gasteiger partial charge in [0.25, 0.3) is 0 Å². The van der Waals surface area contributed by atoms with E-state index in [0.717, 1.165) is 6.42 Å². The molecular formula is C10H20Cl2O2. The van der Waals surface area contributed by atoms with Gasteiger partial charge in [0.1, 0.15) is 0 Å². The molecule has 0 spiro atoms. The van der Waals surface area contributed by atoms with E-state index in [1.165, 1.54) is 12.8 Å². The van der Waals surface area contributed by atoms with Crippen LogP contribution in [-0.4, -0.2) is 37.7 Å². The maximum absolute atomic E-state index is 5.76. The molecule has 0 radical (unpaired) electrons. The second kappa shape index (κ2) is 11.6. The van der Waals surface area contributed by atoms with E-state index in [4.69, 9.17) is 32.7 Å². The van der Waals surface area contributed by atoms with Gasteiger partial charge in [0.05, 0.1) is 25.9 Å². The summed E-state index contributed by atoms with van der Waals surface area (Å²) in [5, 5.41) is 0. The van der Waals surface area contributed by atoms with Crippen molar-refractivity contribution >= 4 is 23.2 Å². The van der Waals surface area contributed by atoms with Gasteiger partial charge in [0, 0.05) is 11.8 Å². The van der Waals surface area contributed by atoms with E-state index in [2.05, 4.69) is 6.92 Å². The lowest BCUT2D eigenvalue weighted by Gasteiger charge is -2.14. The Labute approximate surface area is 96.9 Å². The molecule has 0 amide bonds. The maximum Gasteiger partial charge on any atom is 0.0711 e. The molecule has 0 N–H and O–H groups in total. The summed E-state index contributed by atoms with van der Waals surface area (Å²) in [4.78, 5) is 0. The third-order valence-electron chi connectivity index (χ3n) is 1.85. The first kappa shape index (κ1) is 14.5. The summed E-state index contributed by atoms with van der Waals surface area (Å²) in [6.45, 7) is 3.96. The van der Waals surface area contributed by atoms with E-state index in [1.54, 1.807) is 0 Å². The normalized spacial score (nSPS) is 13.1. The minimum Gasteiger partial charge on any atom is -0.378 e. The van der Waals surface area contributed by atoms with Crippen molar-refractivity contribution in [2.45, 2.75) is 32.3 Å². The summed E-state index contributed by atoms with van der Waals surface area (Å²) < 4.78 is 10.7. The fourth-order valence-electron chi connectivity index (χ4n) is 1.07. The molecule has 1 atom stereocenters. The number of alkyl halides is 2. The van der Waals surface area contributed by atoms with Gasteiger partial charge < -0.3 is 9.47 Å². The van der Waals surface area contributed by atoms with Crippen LogP contribution in [0.1, 0.15) is 26.2 Å². The summed E-state index contributed by atoms with van der Waals surface area (Å²) in [5.41, 5.74) is 0. The fraction of sp³-hybridized carbons (Fsp3) is 1.00. The van der Waals surface area contributed by atoms with Crippen molar-refractivity contribution in [3.05, 3.63) is 0 Å². The van der Waals surface area contributed by atoms with Crippen molar-refractivity contribution in [1.29, 1.82) is 0 Å². The van der Waals surface area contributed by atoms with Gasteiger partial charge >= 0.3 is 0 Å². The molecule has 14 heavy (non-hydrogen) atoms. The van der Waals surface area contributed by atoms with Crippen LogP contribution >= 0.6 is 23.2 Å². The summed E-state index contributed by atoms with van der Waals surface area (Å²) in [7, 11) is 0. The zero-order valence-electron chi connectivity index (χ0n) is 8.81. The Hall–Kier alpha value is 0.500. The van der Waals surface area contributed by atoms with Crippen LogP contribution < -0.4 is 0 Å². The van der Waals surface area contributed by atoms with Crippen molar-refractivity contribution in [2.75, 3.05) is 31.6 Å². The lowest BCUT2D eigenvalue weighted by Crippen LogP contribution is -2.18. The number of rotatable bonds is 10. The van der Waals surface area contributed by atoms with Gasteiger partial charge in [-0.1, -0.05) is 19.8 Å². The van der Waals surface area contributed by atoms with Gasteiger partial charge in [-0.3, -0.25) is 0 Å². The van der Waals surface area contributed by atoms with E-state index >= 15 is 0 Å². The van der Waals surface area contributed by atoms with Crippen LogP contribution in [0.2, 0.25) is 0 Å². The number of unbranched alkanes of at least 4 members (excludes halogenated alkanes) is 1. The zero-order valence-corrected chi connectivity index (χ0v) is 10.3. The summed E-state index contributed by atoms with van der Waals surface area (Å²) in [6, 6.07) is 0. The summed E-state index contributed by atoms with van der Waals surface area (Å²) in [5.74, 6) is 1.10. The molecule has 0 saturated heterocycles. The Kier molecular flexibility index (Phi) is 12.0.